The second-order valence-corrected chi connectivity index (χ2v) is 6.70. The van der Waals surface area contributed by atoms with Gasteiger partial charge in [0.05, 0.1) is 0 Å². The lowest BCUT2D eigenvalue weighted by molar-refractivity contribution is 0.0237. The van der Waals surface area contributed by atoms with Crippen molar-refractivity contribution in [2.24, 2.45) is 0 Å². The van der Waals surface area contributed by atoms with Gasteiger partial charge < -0.3 is 0 Å². The van der Waals surface area contributed by atoms with Crippen LogP contribution in [0, 0.1) is 5.82 Å². The summed E-state index contributed by atoms with van der Waals surface area (Å²) >= 11 is 0. The number of nitrogens with zero attached hydrogens (tertiary/aromatic N) is 2. The highest BCUT2D eigenvalue weighted by atomic mass is 35.5. The van der Waals surface area contributed by atoms with Gasteiger partial charge in [-0.3, -0.25) is 14.6 Å². The maximum absolute atomic E-state index is 14.5. The number of piperazine rings is 1. The summed E-state index contributed by atoms with van der Waals surface area (Å²) < 4.78 is 27.4. The molecule has 27 heavy (non-hydrogen) atoms. The van der Waals surface area contributed by atoms with E-state index in [0.717, 1.165) is 25.2 Å². The largest absolute Gasteiger partial charge is 0.297 e. The molecule has 1 unspecified atom stereocenters. The van der Waals surface area contributed by atoms with Gasteiger partial charge in [-0.25, -0.2) is 8.78 Å². The molecule has 1 heterocycles. The molecule has 0 bridgehead atoms. The molecule has 146 valence electrons. The number of halogens is 3. The zero-order valence-electron chi connectivity index (χ0n) is 15.2. The molecule has 1 aliphatic heterocycles. The Morgan fingerprint density at radius 1 is 0.963 bits per heavy atom. The Bertz CT molecular complexity index is 704. The Balaban J connectivity index is 0.00000261. The third kappa shape index (κ3) is 6.38. The van der Waals surface area contributed by atoms with Gasteiger partial charge in [-0.1, -0.05) is 42.5 Å². The van der Waals surface area contributed by atoms with Gasteiger partial charge in [-0.05, 0) is 24.1 Å². The molecule has 0 saturated carbocycles. The van der Waals surface area contributed by atoms with Crippen molar-refractivity contribution in [2.75, 3.05) is 26.2 Å². The smallest absolute Gasteiger partial charge is 0.163 e. The highest BCUT2D eigenvalue weighted by Crippen LogP contribution is 2.16. The number of alkyl halides is 1. The zero-order chi connectivity index (χ0) is 18.4. The molecule has 0 N–H and O–H groups in total. The van der Waals surface area contributed by atoms with E-state index >= 15 is 0 Å². The van der Waals surface area contributed by atoms with Gasteiger partial charge in [0.25, 0.3) is 0 Å². The molecule has 0 radical (unpaired) electrons. The molecule has 1 saturated heterocycles. The van der Waals surface area contributed by atoms with Crippen LogP contribution in [0.15, 0.2) is 54.6 Å². The van der Waals surface area contributed by atoms with Gasteiger partial charge in [0.1, 0.15) is 5.82 Å². The van der Waals surface area contributed by atoms with Crippen molar-refractivity contribution in [1.82, 2.24) is 9.80 Å². The van der Waals surface area contributed by atoms with Gasteiger partial charge >= 0.3 is 0 Å². The van der Waals surface area contributed by atoms with E-state index in [2.05, 4.69) is 4.90 Å². The summed E-state index contributed by atoms with van der Waals surface area (Å²) in [4.78, 5) is 16.1. The van der Waals surface area contributed by atoms with Crippen LogP contribution in [0.4, 0.5) is 8.78 Å². The first-order valence-electron chi connectivity index (χ1n) is 9.05. The van der Waals surface area contributed by atoms with E-state index < -0.39 is 6.30 Å². The number of benzene rings is 2. The van der Waals surface area contributed by atoms with Gasteiger partial charge in [0.2, 0.25) is 0 Å². The van der Waals surface area contributed by atoms with Crippen molar-refractivity contribution in [3.8, 4) is 0 Å². The summed E-state index contributed by atoms with van der Waals surface area (Å²) in [6, 6.07) is 15.5. The molecule has 0 aromatic heterocycles. The summed E-state index contributed by atoms with van der Waals surface area (Å²) in [7, 11) is 0. The van der Waals surface area contributed by atoms with E-state index in [1.54, 1.807) is 29.2 Å². The third-order valence-corrected chi connectivity index (χ3v) is 4.83. The highest BCUT2D eigenvalue weighted by molar-refractivity contribution is 5.95. The predicted molar refractivity (Wildman–Crippen MR) is 105 cm³/mol. The molecule has 0 amide bonds. The first-order chi connectivity index (χ1) is 12.6. The van der Waals surface area contributed by atoms with Crippen LogP contribution in [-0.2, 0) is 6.54 Å². The minimum atomic E-state index is -1.09. The van der Waals surface area contributed by atoms with E-state index in [9.17, 15) is 13.6 Å². The Morgan fingerprint density at radius 2 is 1.59 bits per heavy atom. The molecule has 0 spiro atoms. The van der Waals surface area contributed by atoms with Crippen LogP contribution in [0.5, 0.6) is 0 Å². The molecule has 2 aromatic carbocycles. The van der Waals surface area contributed by atoms with Gasteiger partial charge in [0, 0.05) is 44.7 Å². The van der Waals surface area contributed by atoms with Crippen LogP contribution in [0.1, 0.15) is 28.8 Å². The monoisotopic (exact) mass is 394 g/mol. The Hall–Kier alpha value is -1.82. The molecule has 1 atom stereocenters. The third-order valence-electron chi connectivity index (χ3n) is 4.83. The molecule has 1 fully saturated rings. The predicted octanol–water partition coefficient (Wildman–Crippen LogP) is 4.32. The molecule has 2 aromatic rings. The minimum Gasteiger partial charge on any atom is -0.297 e. The zero-order valence-corrected chi connectivity index (χ0v) is 16.0. The topological polar surface area (TPSA) is 23.6 Å². The molecule has 0 aliphatic carbocycles. The molecule has 3 nitrogen and oxygen atoms in total. The maximum atomic E-state index is 14.5. The lowest BCUT2D eigenvalue weighted by Gasteiger charge is -2.36. The molecule has 3 rings (SSSR count). The lowest BCUT2D eigenvalue weighted by atomic mass is 10.1. The number of Topliss-reactive ketones (excluding diaryl/α,β-unsaturated/α-hetero) is 1. The summed E-state index contributed by atoms with van der Waals surface area (Å²) in [6.07, 6.45) is -0.636. The standard InChI is InChI=1S/C21H24F2N2O.ClH/c22-19-8-6-17(7-9-19)16-24-12-14-25(15-13-24)21(23)11-10-20(26)18-4-2-1-3-5-18;/h1-9,21H,10-16H2;1H. The van der Waals surface area contributed by atoms with Crippen molar-refractivity contribution < 1.29 is 13.6 Å². The Labute approximate surface area is 165 Å². The summed E-state index contributed by atoms with van der Waals surface area (Å²) in [5, 5.41) is 0. The fraction of sp³-hybridized carbons (Fsp3) is 0.381. The fourth-order valence-corrected chi connectivity index (χ4v) is 3.25. The average molecular weight is 395 g/mol. The van der Waals surface area contributed by atoms with Crippen LogP contribution in [0.25, 0.3) is 0 Å². The van der Waals surface area contributed by atoms with Crippen molar-refractivity contribution in [3.05, 3.63) is 71.5 Å². The van der Waals surface area contributed by atoms with Crippen LogP contribution in [0.2, 0.25) is 0 Å². The fourth-order valence-electron chi connectivity index (χ4n) is 3.25. The number of hydrogen-bond acceptors (Lipinski definition) is 3. The average Bonchev–Trinajstić information content (AvgIpc) is 2.69. The van der Waals surface area contributed by atoms with Gasteiger partial charge in [-0.15, -0.1) is 12.4 Å². The van der Waals surface area contributed by atoms with Crippen molar-refractivity contribution in [2.45, 2.75) is 25.7 Å². The number of carbonyl (C=O) groups is 1. The Morgan fingerprint density at radius 3 is 2.22 bits per heavy atom. The number of carbonyl (C=O) groups excluding carboxylic acids is 1. The summed E-state index contributed by atoms with van der Waals surface area (Å²) in [5.41, 5.74) is 1.70. The SMILES string of the molecule is Cl.O=C(CCC(F)N1CCN(Cc2ccc(F)cc2)CC1)c1ccccc1. The van der Waals surface area contributed by atoms with Gasteiger partial charge in [0.15, 0.2) is 12.1 Å². The molecular weight excluding hydrogens is 370 g/mol. The van der Waals surface area contributed by atoms with Crippen LogP contribution < -0.4 is 0 Å². The minimum absolute atomic E-state index is 0. The number of ketones is 1. The van der Waals surface area contributed by atoms with E-state index in [4.69, 9.17) is 0 Å². The van der Waals surface area contributed by atoms with Crippen molar-refractivity contribution in [3.63, 3.8) is 0 Å². The first kappa shape index (κ1) is 21.5. The molecular formula is C21H25ClF2N2O. The Kier molecular flexibility index (Phi) is 8.35. The second kappa shape index (κ2) is 10.5. The molecule has 6 heteroatoms. The van der Waals surface area contributed by atoms with E-state index in [1.165, 1.54) is 12.1 Å². The second-order valence-electron chi connectivity index (χ2n) is 6.70. The molecule has 1 aliphatic rings. The van der Waals surface area contributed by atoms with Crippen molar-refractivity contribution in [1.29, 1.82) is 0 Å². The van der Waals surface area contributed by atoms with E-state index in [0.29, 0.717) is 18.7 Å². The number of hydrogen-bond donors (Lipinski definition) is 0. The van der Waals surface area contributed by atoms with Gasteiger partial charge in [-0.2, -0.15) is 0 Å². The summed E-state index contributed by atoms with van der Waals surface area (Å²) in [6.45, 7) is 3.57. The first-order valence-corrected chi connectivity index (χ1v) is 9.05. The normalized spacial score (nSPS) is 16.5. The van der Waals surface area contributed by atoms with Crippen molar-refractivity contribution >= 4 is 18.2 Å². The van der Waals surface area contributed by atoms with Crippen LogP contribution >= 0.6 is 12.4 Å². The van der Waals surface area contributed by atoms with Crippen LogP contribution in [0.3, 0.4) is 0 Å². The lowest BCUT2D eigenvalue weighted by Crippen LogP contribution is -2.48. The quantitative estimate of drug-likeness (QED) is 0.516. The number of rotatable bonds is 7. The maximum Gasteiger partial charge on any atom is 0.163 e. The van der Waals surface area contributed by atoms with E-state index in [1.807, 2.05) is 18.2 Å². The van der Waals surface area contributed by atoms with E-state index in [-0.39, 0.29) is 36.8 Å². The summed E-state index contributed by atoms with van der Waals surface area (Å²) in [5.74, 6) is -0.243. The van der Waals surface area contributed by atoms with Crippen LogP contribution in [-0.4, -0.2) is 48.1 Å². The highest BCUT2D eigenvalue weighted by Gasteiger charge is 2.24.